The Morgan fingerprint density at radius 1 is 1.15 bits per heavy atom. The number of phenolic OH excluding ortho intramolecular Hbond substituents is 1. The fraction of sp³-hybridized carbons (Fsp3) is 0.176. The number of hydrogen-bond donors (Lipinski definition) is 3. The van der Waals surface area contributed by atoms with Crippen molar-refractivity contribution >= 4 is 27.1 Å². The minimum atomic E-state index is -3.76. The van der Waals surface area contributed by atoms with Gasteiger partial charge in [-0.15, -0.1) is 0 Å². The second-order valence-electron chi connectivity index (χ2n) is 5.40. The molecule has 0 aliphatic heterocycles. The fourth-order valence-electron chi connectivity index (χ4n) is 1.95. The molecule has 138 valence electrons. The monoisotopic (exact) mass is 377 g/mol. The SMILES string of the molecule is CC(=O)Nc1ccc(NO/C(C)=C(/C)S(=O)(=O)c2ccccn2)cc1O. The Bertz CT molecular complexity index is 940. The number of benzene rings is 1. The van der Waals surface area contributed by atoms with Gasteiger partial charge in [0.25, 0.3) is 0 Å². The van der Waals surface area contributed by atoms with Crippen LogP contribution in [0.25, 0.3) is 0 Å². The average Bonchev–Trinajstić information content (AvgIpc) is 2.61. The van der Waals surface area contributed by atoms with Crippen molar-refractivity contribution in [2.75, 3.05) is 10.8 Å². The topological polar surface area (TPSA) is 118 Å². The number of carbonyl (C=O) groups is 1. The molecule has 0 aliphatic carbocycles. The highest BCUT2D eigenvalue weighted by Crippen LogP contribution is 2.27. The molecule has 0 unspecified atom stereocenters. The van der Waals surface area contributed by atoms with Gasteiger partial charge < -0.3 is 15.3 Å². The third-order valence-corrected chi connectivity index (χ3v) is 5.33. The van der Waals surface area contributed by atoms with Crippen molar-refractivity contribution in [3.05, 3.63) is 53.3 Å². The molecule has 26 heavy (non-hydrogen) atoms. The Morgan fingerprint density at radius 3 is 2.46 bits per heavy atom. The van der Waals surface area contributed by atoms with E-state index in [9.17, 15) is 18.3 Å². The van der Waals surface area contributed by atoms with Gasteiger partial charge in [-0.1, -0.05) is 6.07 Å². The minimum absolute atomic E-state index is 0.00258. The molecule has 9 heteroatoms. The summed E-state index contributed by atoms with van der Waals surface area (Å²) in [5.74, 6) is -0.347. The largest absolute Gasteiger partial charge is 0.506 e. The molecule has 0 fully saturated rings. The predicted octanol–water partition coefficient (Wildman–Crippen LogP) is 2.81. The van der Waals surface area contributed by atoms with E-state index in [-0.39, 0.29) is 33.0 Å². The molecule has 1 aromatic heterocycles. The third kappa shape index (κ3) is 4.51. The maximum absolute atomic E-state index is 12.5. The first kappa shape index (κ1) is 19.3. The molecule has 0 aliphatic rings. The summed E-state index contributed by atoms with van der Waals surface area (Å²) in [7, 11) is -3.76. The first-order valence-electron chi connectivity index (χ1n) is 7.59. The number of carbonyl (C=O) groups excluding carboxylic acids is 1. The van der Waals surface area contributed by atoms with E-state index >= 15 is 0 Å². The lowest BCUT2D eigenvalue weighted by molar-refractivity contribution is -0.114. The number of hydrogen-bond acceptors (Lipinski definition) is 7. The van der Waals surface area contributed by atoms with Gasteiger partial charge in [-0.05, 0) is 38.1 Å². The number of rotatable bonds is 6. The van der Waals surface area contributed by atoms with Crippen LogP contribution in [0.15, 0.2) is 58.3 Å². The Hall–Kier alpha value is -3.07. The summed E-state index contributed by atoms with van der Waals surface area (Å²) in [6, 6.07) is 8.99. The zero-order valence-corrected chi connectivity index (χ0v) is 15.3. The molecule has 0 atom stereocenters. The molecule has 2 rings (SSSR count). The summed E-state index contributed by atoms with van der Waals surface area (Å²) in [5, 5.41) is 12.3. The predicted molar refractivity (Wildman–Crippen MR) is 96.9 cm³/mol. The van der Waals surface area contributed by atoms with Gasteiger partial charge in [0.05, 0.1) is 16.3 Å². The van der Waals surface area contributed by atoms with Gasteiger partial charge >= 0.3 is 0 Å². The van der Waals surface area contributed by atoms with Crippen LogP contribution in [0.3, 0.4) is 0 Å². The minimum Gasteiger partial charge on any atom is -0.506 e. The number of amides is 1. The summed E-state index contributed by atoms with van der Waals surface area (Å²) in [6.07, 6.45) is 1.40. The fourth-order valence-corrected chi connectivity index (χ4v) is 3.14. The number of pyridine rings is 1. The molecule has 2 aromatic rings. The van der Waals surface area contributed by atoms with Crippen molar-refractivity contribution in [3.8, 4) is 5.75 Å². The zero-order valence-electron chi connectivity index (χ0n) is 14.5. The first-order valence-corrected chi connectivity index (χ1v) is 9.07. The highest BCUT2D eigenvalue weighted by atomic mass is 32.2. The van der Waals surface area contributed by atoms with Crippen molar-refractivity contribution in [3.63, 3.8) is 0 Å². The van der Waals surface area contributed by atoms with Crippen LogP contribution in [-0.2, 0) is 19.5 Å². The molecule has 0 spiro atoms. The van der Waals surface area contributed by atoms with Crippen molar-refractivity contribution < 1.29 is 23.2 Å². The summed E-state index contributed by atoms with van der Waals surface area (Å²) in [6.45, 7) is 4.24. The Labute approximate surface area is 151 Å². The first-order chi connectivity index (χ1) is 12.2. The molecule has 0 bridgehead atoms. The van der Waals surface area contributed by atoms with E-state index in [0.717, 1.165) is 0 Å². The van der Waals surface area contributed by atoms with E-state index in [4.69, 9.17) is 4.84 Å². The molecule has 3 N–H and O–H groups in total. The van der Waals surface area contributed by atoms with Crippen molar-refractivity contribution in [1.82, 2.24) is 4.98 Å². The molecule has 1 aromatic carbocycles. The standard InChI is InChI=1S/C17H19N3O5S/c1-11(12(2)26(23,24)17-6-4-5-9-18-17)25-20-14-7-8-15(16(22)10-14)19-13(3)21/h4-10,20,22H,1-3H3,(H,19,21)/b12-11-. The highest BCUT2D eigenvalue weighted by Gasteiger charge is 2.21. The highest BCUT2D eigenvalue weighted by molar-refractivity contribution is 7.95. The Kier molecular flexibility index (Phi) is 5.83. The molecule has 0 saturated heterocycles. The summed E-state index contributed by atoms with van der Waals surface area (Å²) in [4.78, 5) is 20.2. The molecular formula is C17H19N3O5S. The van der Waals surface area contributed by atoms with Crippen molar-refractivity contribution in [2.45, 2.75) is 25.8 Å². The maximum Gasteiger partial charge on any atom is 0.223 e. The zero-order chi connectivity index (χ0) is 19.3. The number of aromatic hydroxyl groups is 1. The molecule has 0 radical (unpaired) electrons. The lowest BCUT2D eigenvalue weighted by Crippen LogP contribution is -2.10. The summed E-state index contributed by atoms with van der Waals surface area (Å²) >= 11 is 0. The van der Waals surface area contributed by atoms with E-state index in [2.05, 4.69) is 15.8 Å². The van der Waals surface area contributed by atoms with Crippen LogP contribution in [0.4, 0.5) is 11.4 Å². The second-order valence-corrected chi connectivity index (χ2v) is 7.44. The number of allylic oxidation sites excluding steroid dienone is 2. The van der Waals surface area contributed by atoms with Gasteiger partial charge in [0.1, 0.15) is 11.5 Å². The van der Waals surface area contributed by atoms with Crippen LogP contribution >= 0.6 is 0 Å². The van der Waals surface area contributed by atoms with E-state index in [1.54, 1.807) is 18.2 Å². The molecule has 0 saturated carbocycles. The number of aromatic nitrogens is 1. The molecule has 1 amide bonds. The van der Waals surface area contributed by atoms with E-state index in [1.807, 2.05) is 0 Å². The van der Waals surface area contributed by atoms with Gasteiger partial charge in [0, 0.05) is 19.2 Å². The smallest absolute Gasteiger partial charge is 0.223 e. The van der Waals surface area contributed by atoms with Gasteiger partial charge in [0.15, 0.2) is 5.03 Å². The quantitative estimate of drug-likeness (QED) is 0.402. The van der Waals surface area contributed by atoms with Crippen LogP contribution in [-0.4, -0.2) is 24.4 Å². The maximum atomic E-state index is 12.5. The van der Waals surface area contributed by atoms with E-state index < -0.39 is 9.84 Å². The van der Waals surface area contributed by atoms with Crippen LogP contribution in [0.2, 0.25) is 0 Å². The molecular weight excluding hydrogens is 358 g/mol. The third-order valence-electron chi connectivity index (χ3n) is 3.44. The van der Waals surface area contributed by atoms with E-state index in [0.29, 0.717) is 5.69 Å². The number of sulfone groups is 1. The van der Waals surface area contributed by atoms with Crippen molar-refractivity contribution in [1.29, 1.82) is 0 Å². The van der Waals surface area contributed by atoms with Gasteiger partial charge in [-0.25, -0.2) is 18.9 Å². The Balaban J connectivity index is 2.14. The normalized spacial score (nSPS) is 12.1. The second kappa shape index (κ2) is 7.87. The van der Waals surface area contributed by atoms with E-state index in [1.165, 1.54) is 45.2 Å². The van der Waals surface area contributed by atoms with Crippen molar-refractivity contribution in [2.24, 2.45) is 0 Å². The summed E-state index contributed by atoms with van der Waals surface area (Å²) in [5.41, 5.74) is 3.18. The average molecular weight is 377 g/mol. The van der Waals surface area contributed by atoms with Gasteiger partial charge in [-0.2, -0.15) is 0 Å². The van der Waals surface area contributed by atoms with Crippen LogP contribution < -0.4 is 10.8 Å². The lowest BCUT2D eigenvalue weighted by Gasteiger charge is -2.13. The number of anilines is 2. The number of phenols is 1. The number of nitrogens with one attached hydrogen (secondary N) is 2. The van der Waals surface area contributed by atoms with Crippen LogP contribution in [0.1, 0.15) is 20.8 Å². The van der Waals surface area contributed by atoms with Crippen LogP contribution in [0.5, 0.6) is 5.75 Å². The molecule has 1 heterocycles. The lowest BCUT2D eigenvalue weighted by atomic mass is 10.2. The van der Waals surface area contributed by atoms with Crippen LogP contribution in [0, 0.1) is 0 Å². The molecule has 8 nitrogen and oxygen atoms in total. The van der Waals surface area contributed by atoms with Gasteiger partial charge in [0.2, 0.25) is 15.7 Å². The number of nitrogens with zero attached hydrogens (tertiary/aromatic N) is 1. The Morgan fingerprint density at radius 2 is 1.88 bits per heavy atom. The summed E-state index contributed by atoms with van der Waals surface area (Å²) < 4.78 is 25.0. The van der Waals surface area contributed by atoms with Gasteiger partial charge in [-0.3, -0.25) is 4.79 Å².